The summed E-state index contributed by atoms with van der Waals surface area (Å²) in [6.45, 7) is 6.40. The van der Waals surface area contributed by atoms with Crippen LogP contribution in [0.5, 0.6) is 0 Å². The van der Waals surface area contributed by atoms with Crippen LogP contribution >= 0.6 is 0 Å². The van der Waals surface area contributed by atoms with Gasteiger partial charge in [-0.15, -0.1) is 5.10 Å². The molecule has 4 aromatic rings. The Hall–Kier alpha value is -4.07. The number of aryl methyl sites for hydroxylation is 1. The molecular weight excluding hydrogens is 457 g/mol. The van der Waals surface area contributed by atoms with E-state index >= 15 is 0 Å². The monoisotopic (exact) mass is 487 g/mol. The summed E-state index contributed by atoms with van der Waals surface area (Å²) >= 11 is 0. The van der Waals surface area contributed by atoms with Crippen LogP contribution in [0.3, 0.4) is 0 Å². The van der Waals surface area contributed by atoms with Crippen molar-refractivity contribution in [2.75, 3.05) is 11.4 Å². The van der Waals surface area contributed by atoms with Crippen molar-refractivity contribution in [2.45, 2.75) is 39.8 Å². The Kier molecular flexibility index (Phi) is 7.73. The van der Waals surface area contributed by atoms with E-state index in [0.29, 0.717) is 29.2 Å². The van der Waals surface area contributed by atoms with Crippen LogP contribution in [-0.2, 0) is 16.1 Å². The normalized spacial score (nSPS) is 12.0. The number of rotatable bonds is 9. The van der Waals surface area contributed by atoms with Gasteiger partial charge in [-0.05, 0) is 60.7 Å². The maximum absolute atomic E-state index is 14.0. The van der Waals surface area contributed by atoms with Crippen LogP contribution < -0.4 is 10.2 Å². The number of amides is 2. The van der Waals surface area contributed by atoms with Crippen LogP contribution in [0.25, 0.3) is 11.0 Å². The second kappa shape index (κ2) is 11.1. The summed E-state index contributed by atoms with van der Waals surface area (Å²) < 4.78 is 15.3. The predicted molar refractivity (Wildman–Crippen MR) is 138 cm³/mol. The lowest BCUT2D eigenvalue weighted by atomic mass is 10.0. The van der Waals surface area contributed by atoms with Gasteiger partial charge in [-0.2, -0.15) is 0 Å². The van der Waals surface area contributed by atoms with Gasteiger partial charge in [0.1, 0.15) is 23.9 Å². The third kappa shape index (κ3) is 5.59. The van der Waals surface area contributed by atoms with Crippen LogP contribution in [0, 0.1) is 18.7 Å². The first-order valence-electron chi connectivity index (χ1n) is 12.0. The number of hydrogen-bond acceptors (Lipinski definition) is 4. The highest BCUT2D eigenvalue weighted by Crippen LogP contribution is 2.31. The number of aromatic nitrogens is 3. The second-order valence-corrected chi connectivity index (χ2v) is 9.21. The van der Waals surface area contributed by atoms with Crippen molar-refractivity contribution in [1.29, 1.82) is 0 Å². The summed E-state index contributed by atoms with van der Waals surface area (Å²) in [6, 6.07) is 19.5. The van der Waals surface area contributed by atoms with E-state index in [-0.39, 0.29) is 18.4 Å². The predicted octanol–water partition coefficient (Wildman–Crippen LogP) is 4.82. The summed E-state index contributed by atoms with van der Waals surface area (Å²) in [7, 11) is 0. The Balaban J connectivity index is 1.77. The van der Waals surface area contributed by atoms with Crippen LogP contribution in [0.4, 0.5) is 10.1 Å². The molecule has 0 aliphatic heterocycles. The summed E-state index contributed by atoms with van der Waals surface area (Å²) in [5, 5.41) is 11.3. The smallest absolute Gasteiger partial charge is 0.249 e. The highest BCUT2D eigenvalue weighted by molar-refractivity contribution is 6.02. The van der Waals surface area contributed by atoms with E-state index in [4.69, 9.17) is 0 Å². The van der Waals surface area contributed by atoms with Gasteiger partial charge in [0.2, 0.25) is 11.8 Å². The third-order valence-electron chi connectivity index (χ3n) is 6.06. The molecule has 0 saturated heterocycles. The van der Waals surface area contributed by atoms with Crippen LogP contribution in [0.15, 0.2) is 72.8 Å². The van der Waals surface area contributed by atoms with Gasteiger partial charge in [0.25, 0.3) is 0 Å². The number of anilines is 1. The zero-order valence-electron chi connectivity index (χ0n) is 20.7. The molecule has 186 valence electrons. The van der Waals surface area contributed by atoms with Gasteiger partial charge < -0.3 is 5.32 Å². The topological polar surface area (TPSA) is 80.1 Å². The molecule has 3 aromatic carbocycles. The summed E-state index contributed by atoms with van der Waals surface area (Å²) in [5.41, 5.74) is 3.33. The fraction of sp³-hybridized carbons (Fsp3) is 0.286. The van der Waals surface area contributed by atoms with Crippen molar-refractivity contribution in [3.05, 3.63) is 89.7 Å². The maximum atomic E-state index is 14.0. The fourth-order valence-electron chi connectivity index (χ4n) is 4.13. The molecule has 1 aromatic heterocycles. The molecule has 1 N–H and O–H groups in total. The zero-order chi connectivity index (χ0) is 25.7. The fourth-order valence-corrected chi connectivity index (χ4v) is 4.13. The number of carbonyl (C=O) groups excluding carboxylic acids is 2. The van der Waals surface area contributed by atoms with E-state index in [0.717, 1.165) is 17.5 Å². The Morgan fingerprint density at radius 1 is 1.00 bits per heavy atom. The zero-order valence-corrected chi connectivity index (χ0v) is 20.7. The maximum Gasteiger partial charge on any atom is 0.249 e. The van der Waals surface area contributed by atoms with E-state index in [1.807, 2.05) is 55.5 Å². The molecule has 7 nitrogen and oxygen atoms in total. The molecule has 0 fully saturated rings. The summed E-state index contributed by atoms with van der Waals surface area (Å²) in [6.07, 6.45) is 0.797. The number of carbonyl (C=O) groups is 2. The van der Waals surface area contributed by atoms with Gasteiger partial charge in [-0.1, -0.05) is 61.5 Å². The Bertz CT molecular complexity index is 1350. The molecule has 1 unspecified atom stereocenters. The van der Waals surface area contributed by atoms with E-state index in [1.54, 1.807) is 12.1 Å². The molecule has 0 radical (unpaired) electrons. The molecule has 1 heterocycles. The van der Waals surface area contributed by atoms with Crippen molar-refractivity contribution in [3.8, 4) is 0 Å². The highest BCUT2D eigenvalue weighted by Gasteiger charge is 2.34. The summed E-state index contributed by atoms with van der Waals surface area (Å²) in [5.74, 6) is -0.680. The highest BCUT2D eigenvalue weighted by atomic mass is 19.1. The minimum atomic E-state index is -0.999. The van der Waals surface area contributed by atoms with E-state index in [9.17, 15) is 14.0 Å². The lowest BCUT2D eigenvalue weighted by Gasteiger charge is -2.32. The van der Waals surface area contributed by atoms with E-state index in [1.165, 1.54) is 21.7 Å². The average Bonchev–Trinajstić information content (AvgIpc) is 3.26. The summed E-state index contributed by atoms with van der Waals surface area (Å²) in [4.78, 5) is 29.1. The first-order chi connectivity index (χ1) is 17.3. The van der Waals surface area contributed by atoms with E-state index < -0.39 is 11.9 Å². The van der Waals surface area contributed by atoms with Gasteiger partial charge in [0.15, 0.2) is 0 Å². The minimum Gasteiger partial charge on any atom is -0.354 e. The number of halogens is 1. The largest absolute Gasteiger partial charge is 0.354 e. The van der Waals surface area contributed by atoms with Gasteiger partial charge in [-0.3, -0.25) is 14.5 Å². The number of fused-ring (bicyclic) bond motifs is 1. The van der Waals surface area contributed by atoms with Gasteiger partial charge in [0, 0.05) is 12.2 Å². The molecule has 1 atom stereocenters. The molecule has 0 spiro atoms. The van der Waals surface area contributed by atoms with E-state index in [2.05, 4.69) is 29.5 Å². The number of nitrogens with one attached hydrogen (secondary N) is 1. The Morgan fingerprint density at radius 2 is 1.69 bits per heavy atom. The Morgan fingerprint density at radius 3 is 2.42 bits per heavy atom. The molecule has 2 amide bonds. The number of benzene rings is 3. The number of hydrogen-bond donors (Lipinski definition) is 1. The van der Waals surface area contributed by atoms with Gasteiger partial charge in [-0.25, -0.2) is 9.07 Å². The molecule has 4 rings (SSSR count). The Labute approximate surface area is 209 Å². The second-order valence-electron chi connectivity index (χ2n) is 9.21. The van der Waals surface area contributed by atoms with Crippen LogP contribution in [0.1, 0.15) is 37.4 Å². The lowest BCUT2D eigenvalue weighted by molar-refractivity contribution is -0.127. The first-order valence-corrected chi connectivity index (χ1v) is 12.0. The van der Waals surface area contributed by atoms with Gasteiger partial charge in [0.05, 0.1) is 5.52 Å². The molecule has 0 saturated carbocycles. The van der Waals surface area contributed by atoms with Crippen LogP contribution in [-0.4, -0.2) is 33.4 Å². The molecule has 36 heavy (non-hydrogen) atoms. The molecule has 0 bridgehead atoms. The molecule has 0 aliphatic rings. The van der Waals surface area contributed by atoms with Crippen molar-refractivity contribution in [2.24, 2.45) is 5.92 Å². The number of para-hydroxylation sites is 2. The molecule has 0 aliphatic carbocycles. The SMILES string of the molecule is Cc1ccccc1N(C(=O)Cn1nnc2ccccc21)C(C(=O)NCCC(C)C)c1ccc(F)cc1. The first kappa shape index (κ1) is 25.0. The molecular formula is C28H30FN5O2. The van der Waals surface area contributed by atoms with Crippen LogP contribution in [0.2, 0.25) is 0 Å². The van der Waals surface area contributed by atoms with Crippen molar-refractivity contribution >= 4 is 28.5 Å². The average molecular weight is 488 g/mol. The van der Waals surface area contributed by atoms with Gasteiger partial charge >= 0.3 is 0 Å². The quantitative estimate of drug-likeness (QED) is 0.367. The van der Waals surface area contributed by atoms with Crippen molar-refractivity contribution < 1.29 is 14.0 Å². The number of nitrogens with zero attached hydrogens (tertiary/aromatic N) is 4. The molecule has 8 heteroatoms. The minimum absolute atomic E-state index is 0.119. The van der Waals surface area contributed by atoms with Crippen molar-refractivity contribution in [3.63, 3.8) is 0 Å². The standard InChI is InChI=1S/C28H30FN5O2/c1-19(2)16-17-30-28(36)27(21-12-14-22(29)15-13-21)34(24-10-6-4-8-20(24)3)26(35)18-33-25-11-7-5-9-23(25)31-32-33/h4-15,19,27H,16-18H2,1-3H3,(H,30,36). The lowest BCUT2D eigenvalue weighted by Crippen LogP contribution is -2.46. The third-order valence-corrected chi connectivity index (χ3v) is 6.06. The van der Waals surface area contributed by atoms with Crippen molar-refractivity contribution in [1.82, 2.24) is 20.3 Å².